The smallest absolute Gasteiger partial charge is 0.270 e. The van der Waals surface area contributed by atoms with Crippen LogP contribution in [-0.2, 0) is 25.3 Å². The monoisotopic (exact) mass is 637 g/mol. The number of pyridine rings is 1. The van der Waals surface area contributed by atoms with Crippen LogP contribution in [-0.4, -0.2) is 67.8 Å². The molecule has 5 aromatic rings. The van der Waals surface area contributed by atoms with Crippen molar-refractivity contribution in [3.05, 3.63) is 102 Å². The van der Waals surface area contributed by atoms with Crippen LogP contribution in [0.15, 0.2) is 85.6 Å². The van der Waals surface area contributed by atoms with Gasteiger partial charge >= 0.3 is 0 Å². The van der Waals surface area contributed by atoms with Crippen LogP contribution in [0.4, 0.5) is 11.5 Å². The molecule has 0 bridgehead atoms. The average molecular weight is 638 g/mol. The van der Waals surface area contributed by atoms with Gasteiger partial charge in [0.2, 0.25) is 5.91 Å². The highest BCUT2D eigenvalue weighted by Crippen LogP contribution is 2.29. The Morgan fingerprint density at radius 3 is 2.52 bits per heavy atom. The molecule has 46 heavy (non-hydrogen) atoms. The van der Waals surface area contributed by atoms with E-state index in [1.165, 1.54) is 10.9 Å². The Hall–Kier alpha value is -5.00. The SMILES string of the molecule is C[C@@H]1CN(c2cc(-c3ccc(Cl)c(C[C@H](NC(=O)c4ccnn4C)C(=O)Nc4ccc(-c5cncn5C)cc4)c3)ccn2)CCN1. The molecule has 2 aromatic carbocycles. The topological polar surface area (TPSA) is 122 Å². The lowest BCUT2D eigenvalue weighted by atomic mass is 9.99. The van der Waals surface area contributed by atoms with E-state index in [-0.39, 0.29) is 12.3 Å². The Morgan fingerprint density at radius 1 is 1.02 bits per heavy atom. The second-order valence-electron chi connectivity index (χ2n) is 11.5. The standard InChI is InChI=1S/C34H36ClN9O2/c1-22-20-44(15-14-37-22)32-18-25(10-12-38-32)24-6-9-28(35)26(16-24)17-29(41-34(46)30-11-13-39-43(30)3)33(45)40-27-7-4-23(5-8-27)31-19-36-21-42(31)2/h4-13,16,18-19,21-22,29,37H,14-15,17,20H2,1-3H3,(H,40,45)(H,41,46)/t22-,29+/m1/s1. The normalized spacial score (nSPS) is 15.4. The molecule has 6 rings (SSSR count). The molecular weight excluding hydrogens is 602 g/mol. The minimum absolute atomic E-state index is 0.169. The number of hydrogen-bond acceptors (Lipinski definition) is 7. The third-order valence-electron chi connectivity index (χ3n) is 8.18. The lowest BCUT2D eigenvalue weighted by Gasteiger charge is -2.32. The first-order valence-corrected chi connectivity index (χ1v) is 15.5. The van der Waals surface area contributed by atoms with Crippen molar-refractivity contribution in [3.8, 4) is 22.4 Å². The minimum atomic E-state index is -0.928. The van der Waals surface area contributed by atoms with E-state index >= 15 is 0 Å². The lowest BCUT2D eigenvalue weighted by molar-refractivity contribution is -0.118. The van der Waals surface area contributed by atoms with E-state index in [1.54, 1.807) is 25.6 Å². The Balaban J connectivity index is 1.25. The molecule has 0 aliphatic carbocycles. The van der Waals surface area contributed by atoms with Crippen LogP contribution in [0.3, 0.4) is 0 Å². The summed E-state index contributed by atoms with van der Waals surface area (Å²) >= 11 is 6.71. The van der Waals surface area contributed by atoms with Gasteiger partial charge in [-0.2, -0.15) is 5.10 Å². The van der Waals surface area contributed by atoms with Crippen molar-refractivity contribution < 1.29 is 9.59 Å². The third kappa shape index (κ3) is 6.95. The van der Waals surface area contributed by atoms with Crippen molar-refractivity contribution in [2.45, 2.75) is 25.4 Å². The Labute approximate surface area is 272 Å². The minimum Gasteiger partial charge on any atom is -0.354 e. The summed E-state index contributed by atoms with van der Waals surface area (Å²) in [6, 6.07) is 18.3. The van der Waals surface area contributed by atoms with E-state index in [0.29, 0.717) is 22.4 Å². The number of carbonyl (C=O) groups is 2. The van der Waals surface area contributed by atoms with Crippen LogP contribution in [0.1, 0.15) is 23.0 Å². The number of piperazine rings is 1. The van der Waals surface area contributed by atoms with Crippen molar-refractivity contribution in [1.29, 1.82) is 0 Å². The van der Waals surface area contributed by atoms with Crippen LogP contribution < -0.4 is 20.9 Å². The summed E-state index contributed by atoms with van der Waals surface area (Å²) < 4.78 is 3.39. The summed E-state index contributed by atoms with van der Waals surface area (Å²) in [4.78, 5) is 38.1. The maximum atomic E-state index is 13.8. The number of carbonyl (C=O) groups excluding carboxylic acids is 2. The molecule has 2 atom stereocenters. The zero-order valence-electron chi connectivity index (χ0n) is 25.9. The summed E-state index contributed by atoms with van der Waals surface area (Å²) in [6.07, 6.45) is 7.05. The molecule has 3 aromatic heterocycles. The number of aromatic nitrogens is 5. The van der Waals surface area contributed by atoms with Crippen molar-refractivity contribution in [2.24, 2.45) is 14.1 Å². The molecular formula is C34H36ClN9O2. The first kappa shape index (κ1) is 31.0. The highest BCUT2D eigenvalue weighted by atomic mass is 35.5. The van der Waals surface area contributed by atoms with E-state index in [9.17, 15) is 9.59 Å². The number of imidazole rings is 1. The number of nitrogens with zero attached hydrogens (tertiary/aromatic N) is 6. The van der Waals surface area contributed by atoms with E-state index < -0.39 is 11.9 Å². The molecule has 1 saturated heterocycles. The van der Waals surface area contributed by atoms with Gasteiger partial charge in [-0.1, -0.05) is 29.8 Å². The van der Waals surface area contributed by atoms with Gasteiger partial charge in [-0.25, -0.2) is 9.97 Å². The van der Waals surface area contributed by atoms with Gasteiger partial charge in [0.05, 0.1) is 18.2 Å². The van der Waals surface area contributed by atoms with Gasteiger partial charge in [-0.05, 0) is 71.6 Å². The van der Waals surface area contributed by atoms with Crippen LogP contribution >= 0.6 is 11.6 Å². The highest BCUT2D eigenvalue weighted by molar-refractivity contribution is 6.31. The molecule has 1 fully saturated rings. The summed E-state index contributed by atoms with van der Waals surface area (Å²) in [5.41, 5.74) is 5.51. The quantitative estimate of drug-likeness (QED) is 0.220. The summed E-state index contributed by atoms with van der Waals surface area (Å²) in [7, 11) is 3.60. The molecule has 3 N–H and O–H groups in total. The largest absolute Gasteiger partial charge is 0.354 e. The van der Waals surface area contributed by atoms with Crippen molar-refractivity contribution in [2.75, 3.05) is 29.9 Å². The molecule has 0 unspecified atom stereocenters. The Morgan fingerprint density at radius 2 is 1.80 bits per heavy atom. The molecule has 2 amide bonds. The maximum absolute atomic E-state index is 13.8. The summed E-state index contributed by atoms with van der Waals surface area (Å²) in [5.74, 6) is 0.129. The van der Waals surface area contributed by atoms with Crippen LogP contribution in [0.5, 0.6) is 0 Å². The van der Waals surface area contributed by atoms with Crippen LogP contribution in [0, 0.1) is 0 Å². The van der Waals surface area contributed by atoms with Gasteiger partial charge < -0.3 is 25.4 Å². The number of rotatable bonds is 9. The van der Waals surface area contributed by atoms with Crippen LogP contribution in [0.25, 0.3) is 22.4 Å². The molecule has 0 spiro atoms. The molecule has 0 saturated carbocycles. The summed E-state index contributed by atoms with van der Waals surface area (Å²) in [5, 5.41) is 13.9. The maximum Gasteiger partial charge on any atom is 0.270 e. The van der Waals surface area contributed by atoms with Crippen molar-refractivity contribution in [3.63, 3.8) is 0 Å². The molecule has 1 aliphatic heterocycles. The fourth-order valence-electron chi connectivity index (χ4n) is 5.67. The Bertz CT molecular complexity index is 1850. The van der Waals surface area contributed by atoms with Gasteiger partial charge in [0.1, 0.15) is 17.6 Å². The molecule has 1 aliphatic rings. The number of aryl methyl sites for hydroxylation is 2. The molecule has 11 nitrogen and oxygen atoms in total. The van der Waals surface area contributed by atoms with E-state index in [0.717, 1.165) is 53.4 Å². The number of halogens is 1. The second kappa shape index (κ2) is 13.6. The van der Waals surface area contributed by atoms with E-state index in [1.807, 2.05) is 66.3 Å². The fourth-order valence-corrected chi connectivity index (χ4v) is 5.86. The summed E-state index contributed by atoms with van der Waals surface area (Å²) in [6.45, 7) is 4.83. The molecule has 4 heterocycles. The first-order valence-electron chi connectivity index (χ1n) is 15.1. The fraction of sp³-hybridized carbons (Fsp3) is 0.265. The van der Waals surface area contributed by atoms with Gasteiger partial charge in [0, 0.05) is 69.3 Å². The second-order valence-corrected chi connectivity index (χ2v) is 11.9. The highest BCUT2D eigenvalue weighted by Gasteiger charge is 2.25. The van der Waals surface area contributed by atoms with Gasteiger partial charge in [0.25, 0.3) is 5.91 Å². The van der Waals surface area contributed by atoms with Crippen molar-refractivity contribution in [1.82, 2.24) is 34.9 Å². The van der Waals surface area contributed by atoms with E-state index in [2.05, 4.69) is 48.9 Å². The van der Waals surface area contributed by atoms with Crippen LogP contribution in [0.2, 0.25) is 5.02 Å². The lowest BCUT2D eigenvalue weighted by Crippen LogP contribution is -2.49. The number of amides is 2. The van der Waals surface area contributed by atoms with E-state index in [4.69, 9.17) is 11.6 Å². The van der Waals surface area contributed by atoms with Crippen molar-refractivity contribution >= 4 is 34.9 Å². The predicted molar refractivity (Wildman–Crippen MR) is 180 cm³/mol. The zero-order valence-corrected chi connectivity index (χ0v) is 26.7. The first-order chi connectivity index (χ1) is 22.2. The molecule has 12 heteroatoms. The Kier molecular flexibility index (Phi) is 9.13. The van der Waals surface area contributed by atoms with Gasteiger partial charge in [-0.3, -0.25) is 14.3 Å². The predicted octanol–water partition coefficient (Wildman–Crippen LogP) is 4.31. The van der Waals surface area contributed by atoms with Gasteiger partial charge in [-0.15, -0.1) is 0 Å². The molecule has 236 valence electrons. The number of benzene rings is 2. The number of nitrogens with one attached hydrogen (secondary N) is 3. The zero-order chi connectivity index (χ0) is 32.2. The average Bonchev–Trinajstić information content (AvgIpc) is 3.69. The molecule has 0 radical (unpaired) electrons. The van der Waals surface area contributed by atoms with Gasteiger partial charge in [0.15, 0.2) is 0 Å². The number of anilines is 2. The third-order valence-corrected chi connectivity index (χ3v) is 8.55. The number of hydrogen-bond donors (Lipinski definition) is 3.